The van der Waals surface area contributed by atoms with Gasteiger partial charge in [-0.05, 0) is 14.0 Å². The molecular formula is C10H21N3O2. The number of nitrogens with zero attached hydrogens (tertiary/aromatic N) is 1. The van der Waals surface area contributed by atoms with Crippen molar-refractivity contribution in [2.24, 2.45) is 0 Å². The van der Waals surface area contributed by atoms with Crippen molar-refractivity contribution in [3.63, 3.8) is 0 Å². The molecule has 0 spiro atoms. The molecule has 1 heterocycles. The summed E-state index contributed by atoms with van der Waals surface area (Å²) < 4.78 is 5.64. The molecule has 88 valence electrons. The van der Waals surface area contributed by atoms with Gasteiger partial charge in [-0.3, -0.25) is 9.69 Å². The summed E-state index contributed by atoms with van der Waals surface area (Å²) in [5.41, 5.74) is 0. The Kier molecular flexibility index (Phi) is 5.01. The van der Waals surface area contributed by atoms with E-state index in [4.69, 9.17) is 4.74 Å². The van der Waals surface area contributed by atoms with Crippen LogP contribution in [0.3, 0.4) is 0 Å². The molecule has 2 atom stereocenters. The Hall–Kier alpha value is -0.650. The summed E-state index contributed by atoms with van der Waals surface area (Å²) in [6, 6.07) is 0.245. The van der Waals surface area contributed by atoms with Crippen molar-refractivity contribution in [2.45, 2.75) is 19.1 Å². The van der Waals surface area contributed by atoms with Gasteiger partial charge in [-0.15, -0.1) is 0 Å². The number of hydrogen-bond acceptors (Lipinski definition) is 4. The van der Waals surface area contributed by atoms with Gasteiger partial charge in [-0.25, -0.2) is 0 Å². The monoisotopic (exact) mass is 215 g/mol. The lowest BCUT2D eigenvalue weighted by molar-refractivity contribution is -0.122. The van der Waals surface area contributed by atoms with Gasteiger partial charge in [-0.2, -0.15) is 0 Å². The molecule has 15 heavy (non-hydrogen) atoms. The molecule has 2 unspecified atom stereocenters. The van der Waals surface area contributed by atoms with E-state index < -0.39 is 0 Å². The van der Waals surface area contributed by atoms with E-state index in [0.717, 1.165) is 19.7 Å². The van der Waals surface area contributed by atoms with Crippen LogP contribution in [0.5, 0.6) is 0 Å². The summed E-state index contributed by atoms with van der Waals surface area (Å²) in [4.78, 5) is 13.2. The standard InChI is InChI=1S/C10H21N3O2/c1-8(9-6-12-4-5-15-9)13(3)7-10(14)11-2/h8-9,12H,4-7H2,1-3H3,(H,11,14). The first-order valence-electron chi connectivity index (χ1n) is 5.38. The molecule has 5 heteroatoms. The van der Waals surface area contributed by atoms with Gasteiger partial charge in [0.2, 0.25) is 5.91 Å². The minimum absolute atomic E-state index is 0.0353. The number of amides is 1. The van der Waals surface area contributed by atoms with Crippen LogP contribution in [-0.4, -0.2) is 63.3 Å². The maximum absolute atomic E-state index is 11.2. The molecule has 0 aromatic rings. The van der Waals surface area contributed by atoms with Crippen LogP contribution in [0.4, 0.5) is 0 Å². The van der Waals surface area contributed by atoms with Gasteiger partial charge in [-0.1, -0.05) is 0 Å². The van der Waals surface area contributed by atoms with E-state index in [2.05, 4.69) is 17.6 Å². The summed E-state index contributed by atoms with van der Waals surface area (Å²) in [5, 5.41) is 5.90. The number of ether oxygens (including phenoxy) is 1. The highest BCUT2D eigenvalue weighted by Crippen LogP contribution is 2.07. The van der Waals surface area contributed by atoms with Crippen LogP contribution >= 0.6 is 0 Å². The van der Waals surface area contributed by atoms with Gasteiger partial charge in [0.25, 0.3) is 0 Å². The topological polar surface area (TPSA) is 53.6 Å². The van der Waals surface area contributed by atoms with E-state index in [1.807, 2.05) is 11.9 Å². The second-order valence-corrected chi connectivity index (χ2v) is 3.94. The fraction of sp³-hybridized carbons (Fsp3) is 0.900. The predicted octanol–water partition coefficient (Wildman–Crippen LogP) is -0.959. The van der Waals surface area contributed by atoms with Crippen molar-refractivity contribution in [1.82, 2.24) is 15.5 Å². The van der Waals surface area contributed by atoms with E-state index in [1.165, 1.54) is 0 Å². The van der Waals surface area contributed by atoms with Crippen LogP contribution < -0.4 is 10.6 Å². The largest absolute Gasteiger partial charge is 0.374 e. The van der Waals surface area contributed by atoms with Gasteiger partial charge in [0.1, 0.15) is 0 Å². The molecule has 1 aliphatic heterocycles. The van der Waals surface area contributed by atoms with E-state index in [9.17, 15) is 4.79 Å². The average Bonchev–Trinajstić information content (AvgIpc) is 2.29. The van der Waals surface area contributed by atoms with E-state index in [0.29, 0.717) is 6.54 Å². The third-order valence-electron chi connectivity index (χ3n) is 2.86. The first kappa shape index (κ1) is 12.4. The zero-order valence-electron chi connectivity index (χ0n) is 9.75. The lowest BCUT2D eigenvalue weighted by Gasteiger charge is -2.34. The van der Waals surface area contributed by atoms with Crippen LogP contribution in [0.1, 0.15) is 6.92 Å². The maximum atomic E-state index is 11.2. The fourth-order valence-corrected chi connectivity index (χ4v) is 1.63. The summed E-state index contributed by atoms with van der Waals surface area (Å²) in [6.45, 7) is 5.03. The highest BCUT2D eigenvalue weighted by Gasteiger charge is 2.24. The summed E-state index contributed by atoms with van der Waals surface area (Å²) in [7, 11) is 3.59. The molecule has 0 bridgehead atoms. The van der Waals surface area contributed by atoms with Crippen molar-refractivity contribution >= 4 is 5.91 Å². The number of nitrogens with one attached hydrogen (secondary N) is 2. The molecule has 0 radical (unpaired) electrons. The molecular weight excluding hydrogens is 194 g/mol. The molecule has 5 nitrogen and oxygen atoms in total. The molecule has 0 aromatic heterocycles. The van der Waals surface area contributed by atoms with E-state index in [1.54, 1.807) is 7.05 Å². The Morgan fingerprint density at radius 2 is 2.47 bits per heavy atom. The number of carbonyl (C=O) groups is 1. The van der Waals surface area contributed by atoms with Crippen LogP contribution in [0.15, 0.2) is 0 Å². The van der Waals surface area contributed by atoms with Crippen LogP contribution in [0.25, 0.3) is 0 Å². The lowest BCUT2D eigenvalue weighted by atomic mass is 10.1. The number of hydrogen-bond donors (Lipinski definition) is 2. The minimum atomic E-state index is 0.0353. The van der Waals surface area contributed by atoms with E-state index >= 15 is 0 Å². The van der Waals surface area contributed by atoms with Crippen LogP contribution in [0.2, 0.25) is 0 Å². The van der Waals surface area contributed by atoms with Crippen molar-refractivity contribution in [2.75, 3.05) is 40.3 Å². The van der Waals surface area contributed by atoms with Crippen LogP contribution in [0, 0.1) is 0 Å². The molecule has 1 saturated heterocycles. The Morgan fingerprint density at radius 3 is 3.00 bits per heavy atom. The Balaban J connectivity index is 2.36. The Bertz CT molecular complexity index is 205. The Morgan fingerprint density at radius 1 is 1.73 bits per heavy atom. The quantitative estimate of drug-likeness (QED) is 0.634. The zero-order valence-corrected chi connectivity index (χ0v) is 9.75. The number of rotatable bonds is 4. The fourth-order valence-electron chi connectivity index (χ4n) is 1.63. The SMILES string of the molecule is CNC(=O)CN(C)C(C)C1CNCCO1. The molecule has 1 rings (SSSR count). The van der Waals surface area contributed by atoms with Gasteiger partial charge in [0, 0.05) is 26.2 Å². The van der Waals surface area contributed by atoms with E-state index in [-0.39, 0.29) is 18.1 Å². The molecule has 1 aliphatic rings. The Labute approximate surface area is 91.2 Å². The number of likely N-dealkylation sites (N-methyl/N-ethyl adjacent to an activating group) is 2. The van der Waals surface area contributed by atoms with Crippen molar-refractivity contribution in [3.05, 3.63) is 0 Å². The number of morpholine rings is 1. The van der Waals surface area contributed by atoms with Gasteiger partial charge < -0.3 is 15.4 Å². The number of carbonyl (C=O) groups excluding carboxylic acids is 1. The normalized spacial score (nSPS) is 23.9. The second-order valence-electron chi connectivity index (χ2n) is 3.94. The molecule has 0 aromatic carbocycles. The first-order valence-corrected chi connectivity index (χ1v) is 5.38. The third kappa shape index (κ3) is 3.77. The average molecular weight is 215 g/mol. The molecule has 2 N–H and O–H groups in total. The summed E-state index contributed by atoms with van der Waals surface area (Å²) in [6.07, 6.45) is 0.174. The lowest BCUT2D eigenvalue weighted by Crippen LogP contribution is -2.51. The molecule has 1 amide bonds. The molecule has 0 aliphatic carbocycles. The molecule has 0 saturated carbocycles. The highest BCUT2D eigenvalue weighted by atomic mass is 16.5. The van der Waals surface area contributed by atoms with Gasteiger partial charge in [0.15, 0.2) is 0 Å². The second kappa shape index (κ2) is 6.05. The van der Waals surface area contributed by atoms with Gasteiger partial charge >= 0.3 is 0 Å². The first-order chi connectivity index (χ1) is 7.15. The third-order valence-corrected chi connectivity index (χ3v) is 2.86. The highest BCUT2D eigenvalue weighted by molar-refractivity contribution is 5.77. The molecule has 1 fully saturated rings. The van der Waals surface area contributed by atoms with Crippen molar-refractivity contribution in [3.8, 4) is 0 Å². The van der Waals surface area contributed by atoms with Crippen LogP contribution in [-0.2, 0) is 9.53 Å². The van der Waals surface area contributed by atoms with Crippen molar-refractivity contribution < 1.29 is 9.53 Å². The van der Waals surface area contributed by atoms with Gasteiger partial charge in [0.05, 0.1) is 19.3 Å². The predicted molar refractivity (Wildman–Crippen MR) is 58.8 cm³/mol. The summed E-state index contributed by atoms with van der Waals surface area (Å²) >= 11 is 0. The smallest absolute Gasteiger partial charge is 0.233 e. The zero-order chi connectivity index (χ0) is 11.3. The van der Waals surface area contributed by atoms with Crippen molar-refractivity contribution in [1.29, 1.82) is 0 Å². The minimum Gasteiger partial charge on any atom is -0.374 e. The summed E-state index contributed by atoms with van der Waals surface area (Å²) in [5.74, 6) is 0.0353. The maximum Gasteiger partial charge on any atom is 0.233 e.